The number of nitrogens with one attached hydrogen (secondary N) is 1. The summed E-state index contributed by atoms with van der Waals surface area (Å²) in [5.74, 6) is -0.521. The first-order valence-electron chi connectivity index (χ1n) is 9.33. The van der Waals surface area contributed by atoms with Gasteiger partial charge in [-0.25, -0.2) is 12.7 Å². The molecular weight excluding hydrogens is 392 g/mol. The van der Waals surface area contributed by atoms with Crippen LogP contribution < -0.4 is 10.1 Å². The smallest absolute Gasteiger partial charge is 0.269 e. The molecule has 0 aromatic heterocycles. The normalized spacial score (nSPS) is 21.1. The predicted molar refractivity (Wildman–Crippen MR) is 106 cm³/mol. The third kappa shape index (κ3) is 3.37. The molecule has 2 aromatic rings. The maximum Gasteiger partial charge on any atom is 0.269 e. The number of benzene rings is 2. The minimum absolute atomic E-state index is 0.0641. The first-order chi connectivity index (χ1) is 13.6. The summed E-state index contributed by atoms with van der Waals surface area (Å²) in [6.45, 7) is 5.26. The number of hydrogen-bond acceptors (Lipinski definition) is 5. The van der Waals surface area contributed by atoms with Crippen LogP contribution in [0, 0.1) is 6.92 Å². The van der Waals surface area contributed by atoms with E-state index in [1.165, 1.54) is 12.1 Å². The maximum absolute atomic E-state index is 12.7. The van der Waals surface area contributed by atoms with E-state index in [4.69, 9.17) is 4.74 Å². The molecule has 152 valence electrons. The van der Waals surface area contributed by atoms with Gasteiger partial charge in [0.15, 0.2) is 0 Å². The molecule has 0 aliphatic carbocycles. The quantitative estimate of drug-likeness (QED) is 0.833. The summed E-state index contributed by atoms with van der Waals surface area (Å²) in [6, 6.07) is 11.4. The van der Waals surface area contributed by atoms with Crippen molar-refractivity contribution < 1.29 is 22.7 Å². The summed E-state index contributed by atoms with van der Waals surface area (Å²) >= 11 is 0. The molecule has 0 saturated heterocycles. The van der Waals surface area contributed by atoms with Crippen molar-refractivity contribution in [1.29, 1.82) is 0 Å². The van der Waals surface area contributed by atoms with E-state index < -0.39 is 34.0 Å². The van der Waals surface area contributed by atoms with Gasteiger partial charge >= 0.3 is 0 Å². The highest BCUT2D eigenvalue weighted by atomic mass is 32.2. The largest absolute Gasteiger partial charge is 0.487 e. The van der Waals surface area contributed by atoms with E-state index in [1.54, 1.807) is 12.1 Å². The molecule has 4 rings (SSSR count). The number of nitrogens with zero attached hydrogens (tertiary/aromatic N) is 1. The zero-order valence-corrected chi connectivity index (χ0v) is 17.2. The van der Waals surface area contributed by atoms with Crippen LogP contribution in [0.5, 0.6) is 5.75 Å². The number of hydrogen-bond donors (Lipinski definition) is 1. The molecule has 0 saturated carbocycles. The minimum atomic E-state index is -4.02. The fourth-order valence-corrected chi connectivity index (χ4v) is 5.37. The monoisotopic (exact) mass is 414 g/mol. The van der Waals surface area contributed by atoms with E-state index >= 15 is 0 Å². The van der Waals surface area contributed by atoms with E-state index in [2.05, 4.69) is 5.32 Å². The molecule has 29 heavy (non-hydrogen) atoms. The number of amides is 2. The van der Waals surface area contributed by atoms with Gasteiger partial charge in [0.25, 0.3) is 15.9 Å². The number of rotatable bonds is 3. The summed E-state index contributed by atoms with van der Waals surface area (Å²) in [4.78, 5) is 25.2. The number of sulfonamides is 1. The first-order valence-corrected chi connectivity index (χ1v) is 10.8. The molecule has 7 nitrogen and oxygen atoms in total. The molecule has 8 heteroatoms. The number of fused-ring (bicyclic) bond motifs is 2. The van der Waals surface area contributed by atoms with E-state index in [1.807, 2.05) is 39.0 Å². The minimum Gasteiger partial charge on any atom is -0.487 e. The Hall–Kier alpha value is -2.87. The van der Waals surface area contributed by atoms with Gasteiger partial charge in [-0.2, -0.15) is 0 Å². The van der Waals surface area contributed by atoms with Gasteiger partial charge in [0, 0.05) is 12.0 Å². The molecule has 0 fully saturated rings. The maximum atomic E-state index is 12.7. The fraction of sp³-hybridized carbons (Fsp3) is 0.333. The SMILES string of the molecule is Cc1ccc2c(c1)OC(C)(C)CC2NC(=O)CN1C(=O)c2ccccc2S1(=O)=O. The average Bonchev–Trinajstić information content (AvgIpc) is 2.81. The third-order valence-electron chi connectivity index (χ3n) is 5.16. The Kier molecular flexibility index (Phi) is 4.42. The Morgan fingerprint density at radius 1 is 1.24 bits per heavy atom. The molecule has 1 atom stereocenters. The summed E-state index contributed by atoms with van der Waals surface area (Å²) in [6.07, 6.45) is 0.524. The summed E-state index contributed by atoms with van der Waals surface area (Å²) < 4.78 is 32.0. The molecule has 2 aromatic carbocycles. The Balaban J connectivity index is 1.56. The van der Waals surface area contributed by atoms with Gasteiger partial charge in [0.1, 0.15) is 22.8 Å². The van der Waals surface area contributed by atoms with Crippen LogP contribution in [0.15, 0.2) is 47.4 Å². The second-order valence-electron chi connectivity index (χ2n) is 8.04. The van der Waals surface area contributed by atoms with Gasteiger partial charge in [0.2, 0.25) is 5.91 Å². The van der Waals surface area contributed by atoms with Crippen LogP contribution in [-0.4, -0.2) is 36.7 Å². The average molecular weight is 414 g/mol. The number of ether oxygens (including phenoxy) is 1. The molecule has 2 aliphatic heterocycles. The molecular formula is C21H22N2O5S. The van der Waals surface area contributed by atoms with Gasteiger partial charge < -0.3 is 10.1 Å². The molecule has 1 N–H and O–H groups in total. The zero-order chi connectivity index (χ0) is 21.0. The van der Waals surface area contributed by atoms with Crippen LogP contribution in [0.1, 0.15) is 47.8 Å². The fourth-order valence-electron chi connectivity index (χ4n) is 3.85. The summed E-state index contributed by atoms with van der Waals surface area (Å²) in [7, 11) is -4.02. The molecule has 2 amide bonds. The van der Waals surface area contributed by atoms with Crippen molar-refractivity contribution in [1.82, 2.24) is 9.62 Å². The van der Waals surface area contributed by atoms with E-state index in [9.17, 15) is 18.0 Å². The van der Waals surface area contributed by atoms with Crippen LogP contribution in [0.25, 0.3) is 0 Å². The van der Waals surface area contributed by atoms with Crippen LogP contribution in [0.2, 0.25) is 0 Å². The van der Waals surface area contributed by atoms with Crippen molar-refractivity contribution in [2.75, 3.05) is 6.54 Å². The third-order valence-corrected chi connectivity index (χ3v) is 6.95. The number of carbonyl (C=O) groups excluding carboxylic acids is 2. The lowest BCUT2D eigenvalue weighted by molar-refractivity contribution is -0.122. The molecule has 0 spiro atoms. The zero-order valence-electron chi connectivity index (χ0n) is 16.4. The van der Waals surface area contributed by atoms with Gasteiger partial charge in [-0.15, -0.1) is 0 Å². The predicted octanol–water partition coefficient (Wildman–Crippen LogP) is 2.56. The number of carbonyl (C=O) groups is 2. The van der Waals surface area contributed by atoms with Crippen LogP contribution in [-0.2, 0) is 14.8 Å². The van der Waals surface area contributed by atoms with Crippen molar-refractivity contribution in [3.8, 4) is 5.75 Å². The van der Waals surface area contributed by atoms with Crippen LogP contribution in [0.3, 0.4) is 0 Å². The van der Waals surface area contributed by atoms with Crippen molar-refractivity contribution in [3.63, 3.8) is 0 Å². The van der Waals surface area contributed by atoms with Crippen molar-refractivity contribution in [3.05, 3.63) is 59.2 Å². The topological polar surface area (TPSA) is 92.8 Å². The highest BCUT2D eigenvalue weighted by Gasteiger charge is 2.42. The molecule has 0 bridgehead atoms. The standard InChI is InChI=1S/C21H22N2O5S/c1-13-8-9-14-16(11-21(2,3)28-17(14)10-13)22-19(24)12-23-20(25)15-6-4-5-7-18(15)29(23,26)27/h4-10,16H,11-12H2,1-3H3,(H,22,24). The van der Waals surface area contributed by atoms with Crippen molar-refractivity contribution >= 4 is 21.8 Å². The highest BCUT2D eigenvalue weighted by molar-refractivity contribution is 7.90. The summed E-state index contributed by atoms with van der Waals surface area (Å²) in [5, 5.41) is 2.88. The van der Waals surface area contributed by atoms with E-state index in [0.717, 1.165) is 11.1 Å². The molecule has 2 heterocycles. The molecule has 2 aliphatic rings. The Morgan fingerprint density at radius 2 is 1.97 bits per heavy atom. The first kappa shape index (κ1) is 19.4. The molecule has 1 unspecified atom stereocenters. The highest BCUT2D eigenvalue weighted by Crippen LogP contribution is 2.40. The lowest BCUT2D eigenvalue weighted by atomic mass is 9.89. The van der Waals surface area contributed by atoms with Gasteiger partial charge in [-0.1, -0.05) is 24.3 Å². The van der Waals surface area contributed by atoms with Crippen molar-refractivity contribution in [2.24, 2.45) is 0 Å². The Morgan fingerprint density at radius 3 is 2.69 bits per heavy atom. The van der Waals surface area contributed by atoms with E-state index in [-0.39, 0.29) is 16.5 Å². The lowest BCUT2D eigenvalue weighted by Crippen LogP contribution is -2.45. The second kappa shape index (κ2) is 6.59. The van der Waals surface area contributed by atoms with E-state index in [0.29, 0.717) is 16.5 Å². The van der Waals surface area contributed by atoms with Gasteiger partial charge in [-0.3, -0.25) is 9.59 Å². The Bertz CT molecular complexity index is 1120. The van der Waals surface area contributed by atoms with Gasteiger partial charge in [-0.05, 0) is 44.5 Å². The molecule has 0 radical (unpaired) electrons. The van der Waals surface area contributed by atoms with Crippen molar-refractivity contribution in [2.45, 2.75) is 43.7 Å². The Labute approximate surface area is 169 Å². The van der Waals surface area contributed by atoms with Crippen LogP contribution >= 0.6 is 0 Å². The number of aryl methyl sites for hydroxylation is 1. The second-order valence-corrected chi connectivity index (χ2v) is 9.87. The summed E-state index contributed by atoms with van der Waals surface area (Å²) in [5.41, 5.74) is 1.47. The lowest BCUT2D eigenvalue weighted by Gasteiger charge is -2.38. The van der Waals surface area contributed by atoms with Gasteiger partial charge in [0.05, 0.1) is 11.6 Å². The van der Waals surface area contributed by atoms with Crippen LogP contribution in [0.4, 0.5) is 0 Å².